The molecule has 0 aliphatic carbocycles. The predicted molar refractivity (Wildman–Crippen MR) is 79.6 cm³/mol. The van der Waals surface area contributed by atoms with Gasteiger partial charge in [0.1, 0.15) is 11.3 Å². The molecule has 7 heteroatoms. The van der Waals surface area contributed by atoms with Gasteiger partial charge in [0.15, 0.2) is 5.78 Å². The second-order valence-electron chi connectivity index (χ2n) is 4.34. The summed E-state index contributed by atoms with van der Waals surface area (Å²) in [4.78, 5) is 38.0. The Hall–Kier alpha value is -2.60. The molecule has 2 N–H and O–H groups in total. The van der Waals surface area contributed by atoms with Crippen LogP contribution in [-0.4, -0.2) is 28.4 Å². The third-order valence-electron chi connectivity index (χ3n) is 2.86. The molecule has 1 heterocycles. The number of nitrogens with one attached hydrogen (secondary N) is 1. The first-order valence-corrected chi connectivity index (χ1v) is 6.75. The molecule has 0 atom stereocenters. The molecule has 0 spiro atoms. The van der Waals surface area contributed by atoms with Crippen molar-refractivity contribution in [1.82, 2.24) is 4.98 Å². The molecule has 6 nitrogen and oxygen atoms in total. The topological polar surface area (TPSA) is 96.5 Å². The van der Waals surface area contributed by atoms with Crippen LogP contribution in [0.5, 0.6) is 5.75 Å². The number of carbonyl (C=O) groups excluding carboxylic acids is 2. The number of aromatic amines is 1. The molecule has 1 aromatic heterocycles. The lowest BCUT2D eigenvalue weighted by Crippen LogP contribution is -2.21. The number of benzene rings is 1. The number of ketones is 1. The number of halogens is 1. The number of rotatable bonds is 4. The summed E-state index contributed by atoms with van der Waals surface area (Å²) in [6.07, 6.45) is 1.16. The summed E-state index contributed by atoms with van der Waals surface area (Å²) < 4.78 is 4.75. The molecule has 0 unspecified atom stereocenters. The third-order valence-corrected chi connectivity index (χ3v) is 3.10. The molecule has 0 amide bonds. The van der Waals surface area contributed by atoms with Gasteiger partial charge in [0, 0.05) is 16.8 Å². The number of phenols is 1. The number of hydrogen-bond acceptors (Lipinski definition) is 5. The third kappa shape index (κ3) is 3.17. The number of H-pyrrole nitrogens is 1. The Labute approximate surface area is 130 Å². The van der Waals surface area contributed by atoms with E-state index in [0.717, 1.165) is 12.3 Å². The number of carbonyl (C=O) groups is 2. The first-order valence-electron chi connectivity index (χ1n) is 6.37. The number of hydrogen-bond donors (Lipinski definition) is 2. The fourth-order valence-electron chi connectivity index (χ4n) is 1.82. The Morgan fingerprint density at radius 3 is 2.68 bits per heavy atom. The highest BCUT2D eigenvalue weighted by molar-refractivity contribution is 6.31. The molecule has 1 aromatic carbocycles. The SMILES string of the molecule is CCOC(=O)c1cc(C(=O)c2cc(Cl)ccc2O)c[nH]c1=O. The number of ether oxygens (including phenoxy) is 1. The molecule has 0 saturated carbocycles. The zero-order chi connectivity index (χ0) is 16.3. The highest BCUT2D eigenvalue weighted by Crippen LogP contribution is 2.24. The normalized spacial score (nSPS) is 10.3. The number of phenolic OH excluding ortho intramolecular Hbond substituents is 1. The van der Waals surface area contributed by atoms with Gasteiger partial charge in [-0.05, 0) is 31.2 Å². The van der Waals surface area contributed by atoms with E-state index in [2.05, 4.69) is 4.98 Å². The number of aromatic nitrogens is 1. The molecule has 22 heavy (non-hydrogen) atoms. The van der Waals surface area contributed by atoms with Crippen molar-refractivity contribution in [2.75, 3.05) is 6.61 Å². The van der Waals surface area contributed by atoms with E-state index in [-0.39, 0.29) is 34.1 Å². The van der Waals surface area contributed by atoms with Gasteiger partial charge in [-0.15, -0.1) is 0 Å². The van der Waals surface area contributed by atoms with Gasteiger partial charge in [-0.2, -0.15) is 0 Å². The lowest BCUT2D eigenvalue weighted by Gasteiger charge is -2.06. The second kappa shape index (κ2) is 6.44. The van der Waals surface area contributed by atoms with Crippen LogP contribution in [0.15, 0.2) is 35.3 Å². The van der Waals surface area contributed by atoms with E-state index >= 15 is 0 Å². The van der Waals surface area contributed by atoms with Crippen molar-refractivity contribution >= 4 is 23.4 Å². The van der Waals surface area contributed by atoms with Crippen LogP contribution >= 0.6 is 11.6 Å². The maximum absolute atomic E-state index is 12.4. The van der Waals surface area contributed by atoms with Gasteiger partial charge in [-0.25, -0.2) is 4.79 Å². The van der Waals surface area contributed by atoms with Crippen molar-refractivity contribution in [1.29, 1.82) is 0 Å². The summed E-state index contributed by atoms with van der Waals surface area (Å²) in [6, 6.07) is 5.14. The minimum Gasteiger partial charge on any atom is -0.507 e. The van der Waals surface area contributed by atoms with Gasteiger partial charge in [-0.3, -0.25) is 9.59 Å². The fourth-order valence-corrected chi connectivity index (χ4v) is 1.99. The monoisotopic (exact) mass is 321 g/mol. The van der Waals surface area contributed by atoms with Crippen molar-refractivity contribution in [2.45, 2.75) is 6.92 Å². The largest absolute Gasteiger partial charge is 0.507 e. The van der Waals surface area contributed by atoms with Crippen LogP contribution in [0.4, 0.5) is 0 Å². The van der Waals surface area contributed by atoms with Crippen molar-refractivity contribution in [3.8, 4) is 5.75 Å². The molecule has 0 aliphatic rings. The molecule has 0 aliphatic heterocycles. The quantitative estimate of drug-likeness (QED) is 0.664. The molecule has 2 rings (SSSR count). The first-order chi connectivity index (χ1) is 10.4. The minimum atomic E-state index is -0.825. The van der Waals surface area contributed by atoms with Crippen LogP contribution in [0.3, 0.4) is 0 Å². The zero-order valence-electron chi connectivity index (χ0n) is 11.6. The van der Waals surface area contributed by atoms with Crippen LogP contribution in [0.2, 0.25) is 5.02 Å². The molecular weight excluding hydrogens is 310 g/mol. The lowest BCUT2D eigenvalue weighted by atomic mass is 10.0. The maximum atomic E-state index is 12.4. The van der Waals surface area contributed by atoms with Crippen LogP contribution in [0.1, 0.15) is 33.2 Å². The smallest absolute Gasteiger partial charge is 0.343 e. The molecule has 114 valence electrons. The van der Waals surface area contributed by atoms with E-state index in [9.17, 15) is 19.5 Å². The van der Waals surface area contributed by atoms with E-state index in [0.29, 0.717) is 0 Å². The van der Waals surface area contributed by atoms with Gasteiger partial charge in [0.2, 0.25) is 0 Å². The van der Waals surface area contributed by atoms with Gasteiger partial charge in [0.05, 0.1) is 12.2 Å². The molecule has 0 radical (unpaired) electrons. The Morgan fingerprint density at radius 2 is 2.00 bits per heavy atom. The van der Waals surface area contributed by atoms with E-state index in [1.54, 1.807) is 6.92 Å². The Bertz CT molecular complexity index is 797. The summed E-state index contributed by atoms with van der Waals surface area (Å²) in [7, 11) is 0. The van der Waals surface area contributed by atoms with E-state index in [1.807, 2.05) is 0 Å². The highest BCUT2D eigenvalue weighted by atomic mass is 35.5. The fraction of sp³-hybridized carbons (Fsp3) is 0.133. The average Bonchev–Trinajstić information content (AvgIpc) is 2.49. The van der Waals surface area contributed by atoms with Gasteiger partial charge in [0.25, 0.3) is 5.56 Å². The second-order valence-corrected chi connectivity index (χ2v) is 4.78. The maximum Gasteiger partial charge on any atom is 0.343 e. The lowest BCUT2D eigenvalue weighted by molar-refractivity contribution is 0.0524. The van der Waals surface area contributed by atoms with Crippen LogP contribution in [0.25, 0.3) is 0 Å². The van der Waals surface area contributed by atoms with E-state index in [1.165, 1.54) is 18.2 Å². The summed E-state index contributed by atoms with van der Waals surface area (Å²) in [5.41, 5.74) is -0.950. The van der Waals surface area contributed by atoms with Gasteiger partial charge < -0.3 is 14.8 Å². The Kier molecular flexibility index (Phi) is 4.62. The van der Waals surface area contributed by atoms with Gasteiger partial charge in [-0.1, -0.05) is 11.6 Å². The van der Waals surface area contributed by atoms with Gasteiger partial charge >= 0.3 is 5.97 Å². The van der Waals surface area contributed by atoms with Crippen LogP contribution < -0.4 is 5.56 Å². The number of pyridine rings is 1. The number of esters is 1. The van der Waals surface area contributed by atoms with Crippen molar-refractivity contribution < 1.29 is 19.4 Å². The highest BCUT2D eigenvalue weighted by Gasteiger charge is 2.18. The molecule has 0 fully saturated rings. The van der Waals surface area contributed by atoms with Crippen molar-refractivity contribution in [2.24, 2.45) is 0 Å². The standard InChI is InChI=1S/C15H12ClNO5/c1-2-22-15(21)11-5-8(7-17-14(11)20)13(19)10-6-9(16)3-4-12(10)18/h3-7,18H,2H2,1H3,(H,17,20). The van der Waals surface area contributed by atoms with E-state index in [4.69, 9.17) is 16.3 Å². The molecule has 0 saturated heterocycles. The van der Waals surface area contributed by atoms with Crippen LogP contribution in [0, 0.1) is 0 Å². The molecular formula is C15H12ClNO5. The number of aromatic hydroxyl groups is 1. The van der Waals surface area contributed by atoms with Crippen molar-refractivity contribution in [3.05, 3.63) is 62.5 Å². The summed E-state index contributed by atoms with van der Waals surface area (Å²) in [5.74, 6) is -1.66. The average molecular weight is 322 g/mol. The van der Waals surface area contributed by atoms with Crippen molar-refractivity contribution in [3.63, 3.8) is 0 Å². The van der Waals surface area contributed by atoms with Crippen LogP contribution in [-0.2, 0) is 4.74 Å². The summed E-state index contributed by atoms with van der Waals surface area (Å²) >= 11 is 5.80. The molecule has 0 bridgehead atoms. The summed E-state index contributed by atoms with van der Waals surface area (Å²) in [5, 5.41) is 10.0. The predicted octanol–water partition coefficient (Wildman–Crippen LogP) is 2.14. The summed E-state index contributed by atoms with van der Waals surface area (Å²) in [6.45, 7) is 1.70. The minimum absolute atomic E-state index is 0.0280. The molecule has 2 aromatic rings. The first kappa shape index (κ1) is 15.8. The zero-order valence-corrected chi connectivity index (χ0v) is 12.3. The Morgan fingerprint density at radius 1 is 1.27 bits per heavy atom. The Balaban J connectivity index is 2.47. The van der Waals surface area contributed by atoms with E-state index < -0.39 is 17.3 Å².